The second-order valence-corrected chi connectivity index (χ2v) is 3.29. The molecule has 0 saturated heterocycles. The average molecular weight is 266 g/mol. The predicted molar refractivity (Wildman–Crippen MR) is 44.8 cm³/mol. The van der Waals surface area contributed by atoms with E-state index in [0.29, 0.717) is 0 Å². The number of hydrogen-bond acceptors (Lipinski definition) is 2. The highest BCUT2D eigenvalue weighted by Gasteiger charge is 2.44. The molecule has 0 saturated carbocycles. The van der Waals surface area contributed by atoms with E-state index in [1.807, 2.05) is 0 Å². The molecule has 0 N–H and O–H groups in total. The van der Waals surface area contributed by atoms with Gasteiger partial charge in [-0.05, 0) is 0 Å². The van der Waals surface area contributed by atoms with Crippen molar-refractivity contribution >= 4 is 11.6 Å². The molecule has 94 valence electrons. The van der Waals surface area contributed by atoms with Crippen molar-refractivity contribution in [2.45, 2.75) is 0 Å². The molecule has 18 heavy (non-hydrogen) atoms. The van der Waals surface area contributed by atoms with Gasteiger partial charge in [-0.15, -0.1) is 0 Å². The molecule has 2 aliphatic rings. The number of carbonyl (C=O) groups excluding carboxylic acids is 2. The normalized spacial score (nSPS) is 21.2. The first kappa shape index (κ1) is 12.3. The SMILES string of the molecule is O=C1C(F)=C(F)C2=C(F)C(=O)C(F)=C(F)C2=C1F. The van der Waals surface area contributed by atoms with Crippen LogP contribution < -0.4 is 0 Å². The average Bonchev–Trinajstić information content (AvgIpc) is 2.35. The van der Waals surface area contributed by atoms with Crippen LogP contribution in [0.2, 0.25) is 0 Å². The maximum atomic E-state index is 13.2. The maximum Gasteiger partial charge on any atom is 0.253 e. The minimum absolute atomic E-state index is 1.73. The maximum absolute atomic E-state index is 13.2. The number of halogens is 6. The van der Waals surface area contributed by atoms with Gasteiger partial charge in [-0.2, -0.15) is 8.78 Å². The minimum atomic E-state index is -2.32. The van der Waals surface area contributed by atoms with E-state index in [1.54, 1.807) is 0 Å². The second-order valence-electron chi connectivity index (χ2n) is 3.29. The summed E-state index contributed by atoms with van der Waals surface area (Å²) < 4.78 is 78.5. The lowest BCUT2D eigenvalue weighted by molar-refractivity contribution is -0.116. The van der Waals surface area contributed by atoms with E-state index in [-0.39, 0.29) is 0 Å². The molecule has 2 aliphatic carbocycles. The number of allylic oxidation sites excluding steroid dienone is 8. The highest BCUT2D eigenvalue weighted by molar-refractivity contribution is 6.14. The van der Waals surface area contributed by atoms with Crippen molar-refractivity contribution in [3.8, 4) is 0 Å². The Hall–Kier alpha value is -2.12. The van der Waals surface area contributed by atoms with Gasteiger partial charge in [-0.25, -0.2) is 17.6 Å². The summed E-state index contributed by atoms with van der Waals surface area (Å²) in [7, 11) is 0. The van der Waals surface area contributed by atoms with Crippen LogP contribution in [0, 0.1) is 0 Å². The predicted octanol–water partition coefficient (Wildman–Crippen LogP) is 2.90. The molecule has 0 aliphatic heterocycles. The molecule has 2 rings (SSSR count). The third-order valence-corrected chi connectivity index (χ3v) is 2.31. The van der Waals surface area contributed by atoms with Crippen molar-refractivity contribution in [3.63, 3.8) is 0 Å². The third-order valence-electron chi connectivity index (χ3n) is 2.31. The fourth-order valence-corrected chi connectivity index (χ4v) is 1.47. The standard InChI is InChI=1S/C10F6O2/c11-3-1-2(6(14)10(18)7(3)15)4(12)8(16)9(17)5(1)13. The van der Waals surface area contributed by atoms with Crippen molar-refractivity contribution in [3.05, 3.63) is 46.1 Å². The molecular formula is C10F6O2. The Balaban J connectivity index is 2.88. The first-order chi connectivity index (χ1) is 8.29. The molecule has 2 nitrogen and oxygen atoms in total. The van der Waals surface area contributed by atoms with E-state index in [1.165, 1.54) is 0 Å². The topological polar surface area (TPSA) is 34.1 Å². The Morgan fingerprint density at radius 2 is 0.722 bits per heavy atom. The minimum Gasteiger partial charge on any atom is -0.283 e. The fourth-order valence-electron chi connectivity index (χ4n) is 1.47. The van der Waals surface area contributed by atoms with Crippen LogP contribution >= 0.6 is 0 Å². The van der Waals surface area contributed by atoms with Crippen LogP contribution in [0.4, 0.5) is 26.3 Å². The molecule has 0 spiro atoms. The lowest BCUT2D eigenvalue weighted by Crippen LogP contribution is -2.20. The van der Waals surface area contributed by atoms with Gasteiger partial charge in [0.05, 0.1) is 11.1 Å². The van der Waals surface area contributed by atoms with Crippen molar-refractivity contribution in [1.29, 1.82) is 0 Å². The monoisotopic (exact) mass is 266 g/mol. The van der Waals surface area contributed by atoms with Crippen molar-refractivity contribution in [2.24, 2.45) is 0 Å². The van der Waals surface area contributed by atoms with Crippen LogP contribution in [0.1, 0.15) is 0 Å². The van der Waals surface area contributed by atoms with Crippen molar-refractivity contribution < 1.29 is 35.9 Å². The van der Waals surface area contributed by atoms with Gasteiger partial charge in [0.15, 0.2) is 23.3 Å². The van der Waals surface area contributed by atoms with Gasteiger partial charge in [-0.3, -0.25) is 9.59 Å². The number of hydrogen-bond donors (Lipinski definition) is 0. The van der Waals surface area contributed by atoms with Gasteiger partial charge in [0.2, 0.25) is 11.7 Å². The van der Waals surface area contributed by atoms with Gasteiger partial charge in [-0.1, -0.05) is 0 Å². The Morgan fingerprint density at radius 3 is 1.00 bits per heavy atom. The fraction of sp³-hybridized carbons (Fsp3) is 0. The van der Waals surface area contributed by atoms with Gasteiger partial charge in [0.25, 0.3) is 11.6 Å². The zero-order valence-corrected chi connectivity index (χ0v) is 8.08. The van der Waals surface area contributed by atoms with Gasteiger partial charge >= 0.3 is 0 Å². The Kier molecular flexibility index (Phi) is 2.53. The van der Waals surface area contributed by atoms with E-state index in [9.17, 15) is 35.9 Å². The largest absolute Gasteiger partial charge is 0.283 e. The molecule has 0 atom stereocenters. The molecule has 0 aromatic carbocycles. The molecule has 0 bridgehead atoms. The number of carbonyl (C=O) groups is 2. The highest BCUT2D eigenvalue weighted by Crippen LogP contribution is 2.45. The van der Waals surface area contributed by atoms with Crippen LogP contribution in [0.15, 0.2) is 46.1 Å². The summed E-state index contributed by atoms with van der Waals surface area (Å²) in [4.78, 5) is 21.6. The quantitative estimate of drug-likeness (QED) is 0.632. The van der Waals surface area contributed by atoms with Crippen LogP contribution in [0.25, 0.3) is 0 Å². The van der Waals surface area contributed by atoms with E-state index >= 15 is 0 Å². The smallest absolute Gasteiger partial charge is 0.253 e. The summed E-state index contributed by atoms with van der Waals surface area (Å²) in [5.41, 5.74) is -3.46. The molecular weight excluding hydrogens is 266 g/mol. The summed E-state index contributed by atoms with van der Waals surface area (Å²) >= 11 is 0. The first-order valence-corrected chi connectivity index (χ1v) is 4.29. The van der Waals surface area contributed by atoms with Crippen LogP contribution in [-0.2, 0) is 9.59 Å². The molecule has 0 unspecified atom stereocenters. The summed E-state index contributed by atoms with van der Waals surface area (Å²) in [6.45, 7) is 0. The molecule has 0 aromatic rings. The van der Waals surface area contributed by atoms with Gasteiger partial charge in [0, 0.05) is 0 Å². The van der Waals surface area contributed by atoms with Crippen LogP contribution in [-0.4, -0.2) is 11.6 Å². The molecule has 0 fully saturated rings. The van der Waals surface area contributed by atoms with Gasteiger partial charge < -0.3 is 0 Å². The number of fused-ring (bicyclic) bond motifs is 1. The Morgan fingerprint density at radius 1 is 0.444 bits per heavy atom. The molecule has 0 aromatic heterocycles. The number of ketones is 2. The summed E-state index contributed by atoms with van der Waals surface area (Å²) in [5, 5.41) is 0. The molecule has 8 heteroatoms. The van der Waals surface area contributed by atoms with Crippen LogP contribution in [0.3, 0.4) is 0 Å². The third kappa shape index (κ3) is 1.31. The van der Waals surface area contributed by atoms with E-state index in [4.69, 9.17) is 0 Å². The second kappa shape index (κ2) is 3.69. The zero-order valence-electron chi connectivity index (χ0n) is 8.08. The zero-order chi connectivity index (χ0) is 13.8. The summed E-state index contributed by atoms with van der Waals surface area (Å²) in [6.07, 6.45) is 0. The number of rotatable bonds is 0. The van der Waals surface area contributed by atoms with E-state index < -0.39 is 57.7 Å². The van der Waals surface area contributed by atoms with E-state index in [2.05, 4.69) is 0 Å². The first-order valence-electron chi connectivity index (χ1n) is 4.29. The Bertz CT molecular complexity index is 579. The lowest BCUT2D eigenvalue weighted by Gasteiger charge is -2.19. The van der Waals surface area contributed by atoms with Crippen LogP contribution in [0.5, 0.6) is 0 Å². The summed E-state index contributed by atoms with van der Waals surface area (Å²) in [5.74, 6) is -17.9. The highest BCUT2D eigenvalue weighted by atomic mass is 19.2. The van der Waals surface area contributed by atoms with Crippen molar-refractivity contribution in [1.82, 2.24) is 0 Å². The Labute approximate surface area is 94.6 Å². The molecule has 0 heterocycles. The van der Waals surface area contributed by atoms with Gasteiger partial charge in [0.1, 0.15) is 0 Å². The summed E-state index contributed by atoms with van der Waals surface area (Å²) in [6, 6.07) is 0. The molecule has 0 amide bonds. The number of Topliss-reactive ketones (excluding diaryl/α,β-unsaturated/α-hetero) is 2. The molecule has 0 radical (unpaired) electrons. The van der Waals surface area contributed by atoms with E-state index in [0.717, 1.165) is 0 Å². The van der Waals surface area contributed by atoms with Crippen molar-refractivity contribution in [2.75, 3.05) is 0 Å². The lowest BCUT2D eigenvalue weighted by atomic mass is 9.89.